The van der Waals surface area contributed by atoms with Gasteiger partial charge in [0.1, 0.15) is 12.6 Å². The Morgan fingerprint density at radius 3 is 2.40 bits per heavy atom. The van der Waals surface area contributed by atoms with E-state index in [1.165, 1.54) is 0 Å². The second-order valence-electron chi connectivity index (χ2n) is 12.4. The number of amides is 3. The SMILES string of the molecule is CCC(C)C(C(=O)NNC(=O)Cn1ccc2ccccc21)N1C(=O)c2ccccc2C1c1c(-c2ccc(C)cc2)[nH]c2ccccc12. The van der Waals surface area contributed by atoms with Crippen LogP contribution in [-0.2, 0) is 16.1 Å². The molecule has 1 aliphatic heterocycles. The van der Waals surface area contributed by atoms with Gasteiger partial charge in [-0.2, -0.15) is 0 Å². The smallest absolute Gasteiger partial charge is 0.261 e. The molecule has 4 aromatic carbocycles. The van der Waals surface area contributed by atoms with Gasteiger partial charge in [-0.1, -0.05) is 105 Å². The number of hydrogen-bond donors (Lipinski definition) is 3. The zero-order chi connectivity index (χ0) is 32.7. The second kappa shape index (κ2) is 12.3. The highest BCUT2D eigenvalue weighted by atomic mass is 16.2. The monoisotopic (exact) mass is 623 g/mol. The number of para-hydroxylation sites is 2. The number of H-pyrrole nitrogens is 1. The quantitative estimate of drug-likeness (QED) is 0.161. The van der Waals surface area contributed by atoms with Gasteiger partial charge in [-0.3, -0.25) is 25.2 Å². The minimum absolute atomic E-state index is 0.0355. The molecule has 8 heteroatoms. The van der Waals surface area contributed by atoms with Crippen molar-refractivity contribution in [3.63, 3.8) is 0 Å². The summed E-state index contributed by atoms with van der Waals surface area (Å²) in [6, 6.07) is 32.4. The van der Waals surface area contributed by atoms with E-state index < -0.39 is 18.0 Å². The molecule has 0 aliphatic carbocycles. The molecule has 6 aromatic rings. The van der Waals surface area contributed by atoms with Gasteiger partial charge in [0.05, 0.1) is 11.7 Å². The van der Waals surface area contributed by atoms with Gasteiger partial charge in [-0.05, 0) is 53.6 Å². The summed E-state index contributed by atoms with van der Waals surface area (Å²) in [5.74, 6) is -1.23. The highest BCUT2D eigenvalue weighted by molar-refractivity contribution is 6.04. The first-order valence-electron chi connectivity index (χ1n) is 16.1. The molecule has 0 saturated heterocycles. The first-order valence-corrected chi connectivity index (χ1v) is 16.1. The summed E-state index contributed by atoms with van der Waals surface area (Å²) in [6.07, 6.45) is 2.50. The Hall–Kier alpha value is -5.63. The van der Waals surface area contributed by atoms with E-state index in [-0.39, 0.29) is 24.3 Å². The molecule has 0 radical (unpaired) electrons. The average molecular weight is 624 g/mol. The van der Waals surface area contributed by atoms with Crippen molar-refractivity contribution in [2.45, 2.75) is 45.8 Å². The number of nitrogens with one attached hydrogen (secondary N) is 3. The van der Waals surface area contributed by atoms with Crippen LogP contribution >= 0.6 is 0 Å². The van der Waals surface area contributed by atoms with Gasteiger partial charge >= 0.3 is 0 Å². The molecule has 8 nitrogen and oxygen atoms in total. The topological polar surface area (TPSA) is 99.2 Å². The molecule has 1 aliphatic rings. The molecule has 2 aromatic heterocycles. The van der Waals surface area contributed by atoms with Gasteiger partial charge in [0.15, 0.2) is 0 Å². The standard InChI is InChI=1S/C39H37N5O3/c1-4-25(3)36(38(46)42-41-33(45)23-43-22-21-26-11-5-10-16-32(26)43)44-37(28-12-6-7-13-29(28)39(44)47)34-30-14-8-9-15-31(30)40-35(34)27-19-17-24(2)18-20-27/h5-22,25,36-37,40H,4,23H2,1-3H3,(H,41,45)(H,42,46). The first kappa shape index (κ1) is 30.0. The average Bonchev–Trinajstić information content (AvgIpc) is 3.76. The summed E-state index contributed by atoms with van der Waals surface area (Å²) in [7, 11) is 0. The number of aromatic amines is 1. The number of nitrogens with zero attached hydrogens (tertiary/aromatic N) is 2. The fourth-order valence-electron chi connectivity index (χ4n) is 6.87. The van der Waals surface area contributed by atoms with Crippen LogP contribution in [0.2, 0.25) is 0 Å². The molecule has 3 heterocycles. The molecule has 3 N–H and O–H groups in total. The summed E-state index contributed by atoms with van der Waals surface area (Å²) >= 11 is 0. The molecule has 3 unspecified atom stereocenters. The van der Waals surface area contributed by atoms with E-state index >= 15 is 0 Å². The third-order valence-corrected chi connectivity index (χ3v) is 9.43. The zero-order valence-corrected chi connectivity index (χ0v) is 26.7. The Morgan fingerprint density at radius 1 is 0.872 bits per heavy atom. The minimum atomic E-state index is -0.864. The molecule has 0 bridgehead atoms. The van der Waals surface area contributed by atoms with Crippen LogP contribution in [0.15, 0.2) is 109 Å². The Balaban J connectivity index is 1.27. The summed E-state index contributed by atoms with van der Waals surface area (Å²) in [6.45, 7) is 6.07. The molecule has 7 rings (SSSR count). The maximum atomic E-state index is 14.4. The molecule has 3 amide bonds. The number of rotatable bonds is 8. The van der Waals surface area contributed by atoms with Gasteiger partial charge in [0.25, 0.3) is 17.7 Å². The molecule has 0 fully saturated rings. The van der Waals surface area contributed by atoms with Crippen molar-refractivity contribution in [1.29, 1.82) is 0 Å². The number of hydrogen-bond acceptors (Lipinski definition) is 3. The largest absolute Gasteiger partial charge is 0.354 e. The van der Waals surface area contributed by atoms with Gasteiger partial charge in [-0.15, -0.1) is 0 Å². The van der Waals surface area contributed by atoms with Crippen LogP contribution in [-0.4, -0.2) is 38.2 Å². The van der Waals surface area contributed by atoms with Gasteiger partial charge in [-0.25, -0.2) is 0 Å². The van der Waals surface area contributed by atoms with Crippen molar-refractivity contribution in [3.8, 4) is 11.3 Å². The van der Waals surface area contributed by atoms with E-state index in [0.29, 0.717) is 12.0 Å². The number of hydrazine groups is 1. The molecule has 236 valence electrons. The highest BCUT2D eigenvalue weighted by Gasteiger charge is 2.47. The number of fused-ring (bicyclic) bond motifs is 3. The highest BCUT2D eigenvalue weighted by Crippen LogP contribution is 2.47. The zero-order valence-electron chi connectivity index (χ0n) is 26.7. The number of benzene rings is 4. The van der Waals surface area contributed by atoms with Gasteiger partial charge in [0, 0.05) is 33.7 Å². The summed E-state index contributed by atoms with van der Waals surface area (Å²) in [5.41, 5.74) is 12.6. The summed E-state index contributed by atoms with van der Waals surface area (Å²) in [5, 5.41) is 2.01. The summed E-state index contributed by atoms with van der Waals surface area (Å²) < 4.78 is 1.84. The summed E-state index contributed by atoms with van der Waals surface area (Å²) in [4.78, 5) is 47.0. The number of carbonyl (C=O) groups excluding carboxylic acids is 3. The van der Waals surface area contributed by atoms with Gasteiger partial charge < -0.3 is 14.5 Å². The lowest BCUT2D eigenvalue weighted by Crippen LogP contribution is -2.56. The fourth-order valence-corrected chi connectivity index (χ4v) is 6.87. The van der Waals surface area contributed by atoms with E-state index in [4.69, 9.17) is 0 Å². The number of carbonyl (C=O) groups is 3. The van der Waals surface area contributed by atoms with E-state index in [1.807, 2.05) is 97.4 Å². The van der Waals surface area contributed by atoms with Crippen LogP contribution in [0.1, 0.15) is 53.4 Å². The third-order valence-electron chi connectivity index (χ3n) is 9.43. The predicted molar refractivity (Wildman–Crippen MR) is 184 cm³/mol. The van der Waals surface area contributed by atoms with E-state index in [1.54, 1.807) is 4.90 Å². The Labute approximate surface area is 273 Å². The number of aryl methyl sites for hydroxylation is 1. The lowest BCUT2D eigenvalue weighted by atomic mass is 9.90. The van der Waals surface area contributed by atoms with Crippen LogP contribution in [0.3, 0.4) is 0 Å². The molecular weight excluding hydrogens is 586 g/mol. The van der Waals surface area contributed by atoms with Crippen molar-refractivity contribution < 1.29 is 14.4 Å². The van der Waals surface area contributed by atoms with E-state index in [2.05, 4.69) is 53.1 Å². The van der Waals surface area contributed by atoms with Gasteiger partial charge in [0.2, 0.25) is 0 Å². The molecule has 3 atom stereocenters. The van der Waals surface area contributed by atoms with Crippen LogP contribution in [0, 0.1) is 12.8 Å². The van der Waals surface area contributed by atoms with Crippen molar-refractivity contribution in [2.75, 3.05) is 0 Å². The van der Waals surface area contributed by atoms with Crippen LogP contribution in [0.4, 0.5) is 0 Å². The van der Waals surface area contributed by atoms with Crippen molar-refractivity contribution in [2.24, 2.45) is 5.92 Å². The normalized spacial score (nSPS) is 15.5. The van der Waals surface area contributed by atoms with Crippen molar-refractivity contribution in [1.82, 2.24) is 25.3 Å². The lowest BCUT2D eigenvalue weighted by molar-refractivity contribution is -0.133. The Kier molecular flexibility index (Phi) is 7.85. The van der Waals surface area contributed by atoms with Crippen molar-refractivity contribution in [3.05, 3.63) is 132 Å². The maximum Gasteiger partial charge on any atom is 0.261 e. The Bertz CT molecular complexity index is 2130. The molecule has 0 saturated carbocycles. The lowest BCUT2D eigenvalue weighted by Gasteiger charge is -2.36. The predicted octanol–water partition coefficient (Wildman–Crippen LogP) is 6.91. The fraction of sp³-hybridized carbons (Fsp3) is 0.205. The molecule has 0 spiro atoms. The third kappa shape index (κ3) is 5.35. The van der Waals surface area contributed by atoms with Crippen LogP contribution in [0.5, 0.6) is 0 Å². The van der Waals surface area contributed by atoms with Crippen molar-refractivity contribution >= 4 is 39.5 Å². The van der Waals surface area contributed by atoms with E-state index in [0.717, 1.165) is 49.8 Å². The molecular formula is C39H37N5O3. The Morgan fingerprint density at radius 2 is 1.60 bits per heavy atom. The molecule has 47 heavy (non-hydrogen) atoms. The van der Waals surface area contributed by atoms with E-state index in [9.17, 15) is 14.4 Å². The number of aromatic nitrogens is 2. The second-order valence-corrected chi connectivity index (χ2v) is 12.4. The minimum Gasteiger partial charge on any atom is -0.354 e. The van der Waals surface area contributed by atoms with Crippen LogP contribution in [0.25, 0.3) is 33.1 Å². The van der Waals surface area contributed by atoms with Crippen LogP contribution < -0.4 is 10.9 Å². The first-order chi connectivity index (χ1) is 22.9. The maximum absolute atomic E-state index is 14.4.